The van der Waals surface area contributed by atoms with Gasteiger partial charge in [-0.3, -0.25) is 9.59 Å². The first kappa shape index (κ1) is 27.3. The number of anilines is 2. The second-order valence-electron chi connectivity index (χ2n) is 11.2. The predicted molar refractivity (Wildman–Crippen MR) is 149 cm³/mol. The van der Waals surface area contributed by atoms with Crippen LogP contribution in [0.2, 0.25) is 25.7 Å². The molecule has 4 rings (SSSR count). The van der Waals surface area contributed by atoms with Crippen LogP contribution in [-0.4, -0.2) is 52.7 Å². The zero-order chi connectivity index (χ0) is 27.4. The maximum Gasteiger partial charge on any atom is 0.314 e. The van der Waals surface area contributed by atoms with E-state index >= 15 is 0 Å². The van der Waals surface area contributed by atoms with Gasteiger partial charge in [0.25, 0.3) is 0 Å². The highest BCUT2D eigenvalue weighted by Gasteiger charge is 2.34. The van der Waals surface area contributed by atoms with Gasteiger partial charge in [-0.1, -0.05) is 38.7 Å². The molecule has 200 valence electrons. The summed E-state index contributed by atoms with van der Waals surface area (Å²) in [5, 5.41) is 16.8. The largest absolute Gasteiger partial charge is 0.383 e. The molecule has 10 nitrogen and oxygen atoms in total. The van der Waals surface area contributed by atoms with Crippen molar-refractivity contribution >= 4 is 42.3 Å². The molecule has 1 aromatic carbocycles. The number of hydrogen-bond acceptors (Lipinski definition) is 7. The van der Waals surface area contributed by atoms with Crippen molar-refractivity contribution in [1.29, 1.82) is 5.26 Å². The fourth-order valence-electron chi connectivity index (χ4n) is 4.65. The third kappa shape index (κ3) is 6.20. The summed E-state index contributed by atoms with van der Waals surface area (Å²) >= 11 is 0. The number of fused-ring (bicyclic) bond motifs is 1. The lowest BCUT2D eigenvalue weighted by Gasteiger charge is -2.38. The molecule has 1 fully saturated rings. The minimum Gasteiger partial charge on any atom is -0.383 e. The number of ether oxygens (including phenoxy) is 1. The smallest absolute Gasteiger partial charge is 0.314 e. The van der Waals surface area contributed by atoms with Crippen molar-refractivity contribution < 1.29 is 14.3 Å². The average molecular weight is 534 g/mol. The first-order chi connectivity index (χ1) is 18.1. The number of benzene rings is 1. The van der Waals surface area contributed by atoms with E-state index in [9.17, 15) is 9.59 Å². The Labute approximate surface area is 223 Å². The summed E-state index contributed by atoms with van der Waals surface area (Å²) < 4.78 is 7.49. The van der Waals surface area contributed by atoms with Gasteiger partial charge in [0.2, 0.25) is 0 Å². The summed E-state index contributed by atoms with van der Waals surface area (Å²) in [7, 11) is -1.24. The minimum atomic E-state index is -1.24. The molecule has 0 bridgehead atoms. The molecule has 1 saturated heterocycles. The fraction of sp³-hybridized carbons (Fsp3) is 0.444. The molecule has 2 aromatic heterocycles. The van der Waals surface area contributed by atoms with Crippen molar-refractivity contribution in [3.05, 3.63) is 47.8 Å². The van der Waals surface area contributed by atoms with Crippen LogP contribution in [0.5, 0.6) is 0 Å². The van der Waals surface area contributed by atoms with E-state index in [0.717, 1.165) is 24.4 Å². The molecule has 2 atom stereocenters. The Morgan fingerprint density at radius 3 is 2.63 bits per heavy atom. The zero-order valence-corrected chi connectivity index (χ0v) is 23.4. The quantitative estimate of drug-likeness (QED) is 0.264. The number of nitrogens with zero attached hydrogens (tertiary/aromatic N) is 5. The zero-order valence-electron chi connectivity index (χ0n) is 22.4. The lowest BCUT2D eigenvalue weighted by atomic mass is 9.89. The molecule has 0 aliphatic carbocycles. The van der Waals surface area contributed by atoms with Crippen molar-refractivity contribution in [3.63, 3.8) is 0 Å². The molecule has 3 aromatic rings. The van der Waals surface area contributed by atoms with Gasteiger partial charge in [-0.15, -0.1) is 0 Å². The number of nitriles is 1. The molecule has 0 radical (unpaired) electrons. The average Bonchev–Trinajstić information content (AvgIpc) is 3.32. The van der Waals surface area contributed by atoms with E-state index in [1.165, 1.54) is 6.20 Å². The predicted octanol–water partition coefficient (Wildman–Crippen LogP) is 4.14. The highest BCUT2D eigenvalue weighted by Crippen LogP contribution is 2.34. The maximum atomic E-state index is 13.5. The Morgan fingerprint density at radius 2 is 1.95 bits per heavy atom. The molecule has 11 heteroatoms. The van der Waals surface area contributed by atoms with E-state index in [1.807, 2.05) is 12.1 Å². The molecule has 38 heavy (non-hydrogen) atoms. The van der Waals surface area contributed by atoms with E-state index in [0.29, 0.717) is 35.3 Å². The highest BCUT2D eigenvalue weighted by atomic mass is 28.3. The Morgan fingerprint density at radius 1 is 1.21 bits per heavy atom. The third-order valence-electron chi connectivity index (χ3n) is 6.86. The van der Waals surface area contributed by atoms with E-state index in [2.05, 4.69) is 48.0 Å². The van der Waals surface area contributed by atoms with Crippen molar-refractivity contribution in [2.24, 2.45) is 5.92 Å². The molecule has 1 aliphatic heterocycles. The Bertz CT molecular complexity index is 1360. The number of piperidine rings is 1. The van der Waals surface area contributed by atoms with E-state index in [-0.39, 0.29) is 24.5 Å². The van der Waals surface area contributed by atoms with Crippen LogP contribution in [0.1, 0.15) is 36.9 Å². The van der Waals surface area contributed by atoms with E-state index < -0.39 is 19.9 Å². The van der Waals surface area contributed by atoms with Crippen LogP contribution < -0.4 is 11.1 Å². The number of hydrogen-bond donors (Lipinski definition) is 2. The van der Waals surface area contributed by atoms with Crippen LogP contribution in [0.25, 0.3) is 10.9 Å². The number of nitrogen functional groups attached to an aromatic ring is 1. The lowest BCUT2D eigenvalue weighted by Crippen LogP contribution is -2.46. The van der Waals surface area contributed by atoms with Gasteiger partial charge in [0.1, 0.15) is 12.5 Å². The Hall–Kier alpha value is -3.75. The second-order valence-corrected chi connectivity index (χ2v) is 16.8. The van der Waals surface area contributed by atoms with Gasteiger partial charge in [-0.25, -0.2) is 9.67 Å². The summed E-state index contributed by atoms with van der Waals surface area (Å²) in [5.41, 5.74) is 8.43. The number of carbonyl (C=O) groups is 2. The summed E-state index contributed by atoms with van der Waals surface area (Å²) in [6.07, 6.45) is 4.71. The fourth-order valence-corrected chi connectivity index (χ4v) is 5.41. The van der Waals surface area contributed by atoms with Crippen LogP contribution >= 0.6 is 0 Å². The molecule has 3 heterocycles. The van der Waals surface area contributed by atoms with Gasteiger partial charge in [0, 0.05) is 21.2 Å². The highest BCUT2D eigenvalue weighted by molar-refractivity contribution is 6.76. The number of likely N-dealkylation sites (tertiary alicyclic amines) is 1. The molecule has 2 amide bonds. The van der Waals surface area contributed by atoms with Crippen LogP contribution in [-0.2, 0) is 21.1 Å². The van der Waals surface area contributed by atoms with Gasteiger partial charge in [-0.2, -0.15) is 10.4 Å². The topological polar surface area (TPSA) is 139 Å². The van der Waals surface area contributed by atoms with Crippen LogP contribution in [0, 0.1) is 17.2 Å². The molecule has 0 saturated carbocycles. The number of nitrogens with one attached hydrogen (secondary N) is 1. The van der Waals surface area contributed by atoms with Gasteiger partial charge >= 0.3 is 11.8 Å². The SMILES string of the molecule is C[C@H]1CC[C@H](c2ccc(C#N)cc2)N(C(=O)C(=O)Nc2cnc(N)c3cnn(COCC[Si](C)(C)C)c23)C1. The van der Waals surface area contributed by atoms with Gasteiger partial charge in [-0.05, 0) is 42.5 Å². The molecule has 0 unspecified atom stereocenters. The van der Waals surface area contributed by atoms with Crippen molar-refractivity contribution in [2.75, 3.05) is 24.2 Å². The maximum absolute atomic E-state index is 13.5. The van der Waals surface area contributed by atoms with Gasteiger partial charge in [0.15, 0.2) is 0 Å². The number of aromatic nitrogens is 3. The van der Waals surface area contributed by atoms with Crippen LogP contribution in [0.4, 0.5) is 11.5 Å². The number of pyridine rings is 1. The second kappa shape index (κ2) is 11.3. The Balaban J connectivity index is 1.54. The van der Waals surface area contributed by atoms with Crippen molar-refractivity contribution in [1.82, 2.24) is 19.7 Å². The first-order valence-corrected chi connectivity index (χ1v) is 16.6. The lowest BCUT2D eigenvalue weighted by molar-refractivity contribution is -0.146. The minimum absolute atomic E-state index is 0.193. The Kier molecular flexibility index (Phi) is 8.13. The number of rotatable bonds is 7. The molecule has 3 N–H and O–H groups in total. The van der Waals surface area contributed by atoms with Crippen LogP contribution in [0.15, 0.2) is 36.7 Å². The molecule has 0 spiro atoms. The third-order valence-corrected chi connectivity index (χ3v) is 8.56. The van der Waals surface area contributed by atoms with E-state index in [1.54, 1.807) is 27.9 Å². The first-order valence-electron chi connectivity index (χ1n) is 12.9. The normalized spacial score (nSPS) is 17.8. The standard InChI is InChI=1S/C27H35N7O3Si/c1-18-5-10-23(20-8-6-19(13-28)7-9-20)33(16-18)27(36)26(35)32-22-15-30-25(29)21-14-31-34(24(21)22)17-37-11-12-38(2,3)4/h6-9,14-15,18,23H,5,10-12,16-17H2,1-4H3,(H2,29,30)(H,32,35)/t18-,23+/m0/s1. The van der Waals surface area contributed by atoms with E-state index in [4.69, 9.17) is 15.7 Å². The summed E-state index contributed by atoms with van der Waals surface area (Å²) in [5.74, 6) is -0.823. The molecular formula is C27H35N7O3Si. The molecule has 1 aliphatic rings. The van der Waals surface area contributed by atoms with Crippen LogP contribution in [0.3, 0.4) is 0 Å². The number of carbonyl (C=O) groups excluding carboxylic acids is 2. The van der Waals surface area contributed by atoms with Gasteiger partial charge in [0.05, 0.1) is 46.7 Å². The van der Waals surface area contributed by atoms with Gasteiger partial charge < -0.3 is 20.7 Å². The number of amides is 2. The van der Waals surface area contributed by atoms with Crippen molar-refractivity contribution in [3.8, 4) is 6.07 Å². The monoisotopic (exact) mass is 533 g/mol. The van der Waals surface area contributed by atoms with Crippen molar-refractivity contribution in [2.45, 2.75) is 58.2 Å². The molecular weight excluding hydrogens is 498 g/mol. The summed E-state index contributed by atoms with van der Waals surface area (Å²) in [6.45, 7) is 10.2. The summed E-state index contributed by atoms with van der Waals surface area (Å²) in [6, 6.07) is 10.1. The number of nitrogens with two attached hydrogens (primary N) is 1. The summed E-state index contributed by atoms with van der Waals surface area (Å²) in [4.78, 5) is 32.5.